The second-order valence-electron chi connectivity index (χ2n) is 8.91. The van der Waals surface area contributed by atoms with Gasteiger partial charge in [0.05, 0.1) is 10.6 Å². The highest BCUT2D eigenvalue weighted by atomic mass is 35.5. The third-order valence-electron chi connectivity index (χ3n) is 6.65. The quantitative estimate of drug-likeness (QED) is 0.169. The Balaban J connectivity index is 2.18. The van der Waals surface area contributed by atoms with Gasteiger partial charge in [0.2, 0.25) is 0 Å². The first-order valence-electron chi connectivity index (χ1n) is 12.1. The first-order chi connectivity index (χ1) is 18.4. The molecule has 0 heterocycles. The molecule has 4 rings (SSSR count). The van der Waals surface area contributed by atoms with Crippen LogP contribution < -0.4 is 4.31 Å². The molecule has 202 valence electrons. The normalized spacial score (nSPS) is 12.2. The molecular weight excluding hydrogens is 576 g/mol. The van der Waals surface area contributed by atoms with Crippen LogP contribution in [0.3, 0.4) is 0 Å². The van der Waals surface area contributed by atoms with Crippen LogP contribution in [0.5, 0.6) is 0 Å². The molecule has 4 aromatic carbocycles. The van der Waals surface area contributed by atoms with Crippen molar-refractivity contribution >= 4 is 57.3 Å². The molecule has 0 bridgehead atoms. The van der Waals surface area contributed by atoms with Gasteiger partial charge in [-0.05, 0) is 54.6 Å². The zero-order valence-corrected chi connectivity index (χ0v) is 24.4. The van der Waals surface area contributed by atoms with E-state index in [-0.39, 0.29) is 39.0 Å². The van der Waals surface area contributed by atoms with E-state index < -0.39 is 22.9 Å². The Labute approximate surface area is 238 Å². The van der Waals surface area contributed by atoms with Crippen LogP contribution in [0.15, 0.2) is 89.8 Å². The molecule has 39 heavy (non-hydrogen) atoms. The maximum atomic E-state index is 14.5. The van der Waals surface area contributed by atoms with Crippen molar-refractivity contribution in [3.63, 3.8) is 0 Å². The van der Waals surface area contributed by atoms with Crippen LogP contribution in [0.2, 0.25) is 10.0 Å². The summed E-state index contributed by atoms with van der Waals surface area (Å²) >= 11 is 12.4. The Hall–Kier alpha value is -2.82. The van der Waals surface area contributed by atoms with Gasteiger partial charge in [-0.2, -0.15) is 0 Å². The maximum Gasteiger partial charge on any atom is 0.351 e. The summed E-state index contributed by atoms with van der Waals surface area (Å²) in [5.41, 5.74) is 1.05. The topological polar surface area (TPSA) is 94.9 Å². The largest absolute Gasteiger partial charge is 0.351 e. The molecule has 0 aliphatic heterocycles. The van der Waals surface area contributed by atoms with Crippen LogP contribution in [-0.2, 0) is 14.6 Å². The summed E-state index contributed by atoms with van der Waals surface area (Å²) in [6.45, 7) is 3.10. The summed E-state index contributed by atoms with van der Waals surface area (Å²) in [5, 5.41) is -0.855. The molecule has 0 aliphatic carbocycles. The minimum absolute atomic E-state index is 0.0674. The highest BCUT2D eigenvalue weighted by molar-refractivity contribution is 7.93. The third-order valence-corrected chi connectivity index (χ3v) is 11.0. The highest BCUT2D eigenvalue weighted by Gasteiger charge is 2.55. The average molecular weight is 602 g/mol. The van der Waals surface area contributed by atoms with E-state index in [2.05, 4.69) is 11.8 Å². The van der Waals surface area contributed by atoms with Crippen molar-refractivity contribution < 1.29 is 22.8 Å². The number of sulfonamides is 1. The van der Waals surface area contributed by atoms with Gasteiger partial charge in [0.1, 0.15) is 0 Å². The molecule has 0 amide bonds. The lowest BCUT2D eigenvalue weighted by Crippen LogP contribution is -2.51. The van der Waals surface area contributed by atoms with E-state index in [1.54, 1.807) is 50.2 Å². The summed E-state index contributed by atoms with van der Waals surface area (Å²) in [5.74, 6) is 6.11. The van der Waals surface area contributed by atoms with Gasteiger partial charge in [0, 0.05) is 26.6 Å². The predicted molar refractivity (Wildman–Crippen MR) is 158 cm³/mol. The summed E-state index contributed by atoms with van der Waals surface area (Å²) in [6.07, 6.45) is -0.369. The van der Waals surface area contributed by atoms with Gasteiger partial charge >= 0.3 is 7.60 Å². The molecule has 0 atom stereocenters. The lowest BCUT2D eigenvalue weighted by molar-refractivity contribution is 0.317. The monoisotopic (exact) mass is 601 g/mol. The number of anilines is 1. The Kier molecular flexibility index (Phi) is 8.49. The van der Waals surface area contributed by atoms with Crippen LogP contribution in [0, 0.1) is 11.8 Å². The third kappa shape index (κ3) is 5.60. The van der Waals surface area contributed by atoms with E-state index >= 15 is 0 Å². The fourth-order valence-electron chi connectivity index (χ4n) is 4.64. The first-order valence-corrected chi connectivity index (χ1v) is 15.9. The molecule has 0 aliphatic rings. The summed E-state index contributed by atoms with van der Waals surface area (Å²) in [4.78, 5) is 21.2. The minimum atomic E-state index is -5.11. The van der Waals surface area contributed by atoms with Gasteiger partial charge < -0.3 is 9.79 Å². The zero-order chi connectivity index (χ0) is 28.4. The summed E-state index contributed by atoms with van der Waals surface area (Å²) < 4.78 is 43.2. The van der Waals surface area contributed by atoms with Gasteiger partial charge in [-0.15, -0.1) is 0 Å². The number of nitrogens with zero attached hydrogens (tertiary/aromatic N) is 1. The predicted octanol–water partition coefficient (Wildman–Crippen LogP) is 7.44. The minimum Gasteiger partial charge on any atom is -0.323 e. The van der Waals surface area contributed by atoms with Crippen molar-refractivity contribution in [3.05, 3.63) is 106 Å². The lowest BCUT2D eigenvalue weighted by atomic mass is 10.0. The average Bonchev–Trinajstić information content (AvgIpc) is 2.90. The van der Waals surface area contributed by atoms with Crippen molar-refractivity contribution in [2.75, 3.05) is 4.31 Å². The van der Waals surface area contributed by atoms with Crippen LogP contribution >= 0.6 is 30.8 Å². The molecule has 0 saturated carbocycles. The molecule has 10 heteroatoms. The van der Waals surface area contributed by atoms with Crippen LogP contribution in [0.25, 0.3) is 10.8 Å². The van der Waals surface area contributed by atoms with E-state index in [0.717, 1.165) is 4.31 Å². The van der Waals surface area contributed by atoms with E-state index in [9.17, 15) is 22.8 Å². The van der Waals surface area contributed by atoms with Crippen molar-refractivity contribution in [1.82, 2.24) is 0 Å². The van der Waals surface area contributed by atoms with E-state index in [1.807, 2.05) is 30.3 Å². The highest BCUT2D eigenvalue weighted by Crippen LogP contribution is 2.59. The van der Waals surface area contributed by atoms with E-state index in [4.69, 9.17) is 23.2 Å². The summed E-state index contributed by atoms with van der Waals surface area (Å²) in [7, 11) is -9.77. The Morgan fingerprint density at radius 2 is 1.44 bits per heavy atom. The zero-order valence-electron chi connectivity index (χ0n) is 21.2. The number of halogens is 2. The number of fused-ring (bicyclic) bond motifs is 1. The molecule has 0 radical (unpaired) electrons. The lowest BCUT2D eigenvalue weighted by Gasteiger charge is -2.44. The van der Waals surface area contributed by atoms with Gasteiger partial charge in [0.15, 0.2) is 5.28 Å². The van der Waals surface area contributed by atoms with Crippen molar-refractivity contribution in [2.45, 2.75) is 36.9 Å². The van der Waals surface area contributed by atoms with Crippen molar-refractivity contribution in [3.8, 4) is 11.8 Å². The molecule has 2 N–H and O–H groups in total. The molecule has 4 aromatic rings. The number of hydrogen-bond acceptors (Lipinski definition) is 3. The molecular formula is C29H26Cl2NO5PS. The molecule has 0 spiro atoms. The van der Waals surface area contributed by atoms with Crippen molar-refractivity contribution in [2.24, 2.45) is 0 Å². The van der Waals surface area contributed by atoms with Gasteiger partial charge in [-0.1, -0.05) is 97.4 Å². The van der Waals surface area contributed by atoms with Crippen LogP contribution in [0.1, 0.15) is 37.8 Å². The maximum absolute atomic E-state index is 14.5. The number of rotatable bonds is 7. The van der Waals surface area contributed by atoms with Crippen LogP contribution in [-0.4, -0.2) is 23.5 Å². The molecule has 0 unspecified atom stereocenters. The number of hydrogen-bond donors (Lipinski definition) is 2. The number of benzene rings is 4. The Morgan fingerprint density at radius 3 is 2.03 bits per heavy atom. The van der Waals surface area contributed by atoms with Gasteiger partial charge in [-0.3, -0.25) is 4.57 Å². The standard InChI is InChI=1S/C29H26Cl2NO5PS/c1-3-29(4-2,38(33,34)35)32(39(36,37)26-19-24(30)18-25(31)20-26)28-23(15-14-21-10-6-5-7-11-21)17-16-22-12-8-9-13-27(22)28/h5-13,16-20H,3-4H2,1-2H3,(H2,33,34,35). The second kappa shape index (κ2) is 11.3. The first kappa shape index (κ1) is 29.2. The summed E-state index contributed by atoms with van der Waals surface area (Å²) in [6, 6.07) is 23.5. The van der Waals surface area contributed by atoms with E-state index in [0.29, 0.717) is 16.3 Å². The molecule has 0 aromatic heterocycles. The van der Waals surface area contributed by atoms with Gasteiger partial charge in [0.25, 0.3) is 10.0 Å². The molecule has 0 fully saturated rings. The van der Waals surface area contributed by atoms with E-state index in [1.165, 1.54) is 18.2 Å². The second-order valence-corrected chi connectivity index (χ2v) is 13.5. The Bertz CT molecular complexity index is 1720. The molecule has 0 saturated heterocycles. The van der Waals surface area contributed by atoms with Crippen LogP contribution in [0.4, 0.5) is 5.69 Å². The fourth-order valence-corrected chi connectivity index (χ4v) is 9.00. The molecule has 6 nitrogen and oxygen atoms in total. The van der Waals surface area contributed by atoms with Crippen molar-refractivity contribution in [1.29, 1.82) is 0 Å². The SMILES string of the molecule is CCC(CC)(N(c1c(C#Cc2ccccc2)ccc2ccccc12)S(=O)(=O)c1cc(Cl)cc(Cl)c1)P(=O)(O)O. The smallest absolute Gasteiger partial charge is 0.323 e. The fraction of sp³-hybridized carbons (Fsp3) is 0.172. The Morgan fingerprint density at radius 1 is 0.846 bits per heavy atom. The van der Waals surface area contributed by atoms with Gasteiger partial charge in [-0.25, -0.2) is 12.7 Å².